The third-order valence-corrected chi connectivity index (χ3v) is 5.67. The summed E-state index contributed by atoms with van der Waals surface area (Å²) in [6.45, 7) is 1.96. The molecule has 172 valence electrons. The van der Waals surface area contributed by atoms with Crippen molar-refractivity contribution in [2.45, 2.75) is 11.8 Å². The summed E-state index contributed by atoms with van der Waals surface area (Å²) in [5.41, 5.74) is 5.06. The first-order chi connectivity index (χ1) is 15.9. The Morgan fingerprint density at radius 2 is 1.39 bits per heavy atom. The molecule has 0 saturated carbocycles. The maximum Gasteiger partial charge on any atom is 0.276 e. The Morgan fingerprint density at radius 1 is 0.788 bits per heavy atom. The molecule has 0 aliphatic carbocycles. The van der Waals surface area contributed by atoms with Gasteiger partial charge in [-0.3, -0.25) is 25.2 Å². The number of hydrogen-bond acceptors (Lipinski definition) is 6. The Kier molecular flexibility index (Phi) is 7.87. The highest BCUT2D eigenvalue weighted by atomic mass is 32.2. The standard InChI is InChI=1S/C23H23N3O6S/c1-2-31-20-10-6-7-11-21(20)32-16-22(27)24-25-23(28)17-12-14-18(15-13-17)26-33(29,30)19-8-4-3-5-9-19/h3-15,26H,2,16H2,1H3,(H,24,27)(H,25,28). The quantitative estimate of drug-likeness (QED) is 0.414. The first kappa shape index (κ1) is 23.6. The van der Waals surface area contributed by atoms with E-state index in [4.69, 9.17) is 9.47 Å². The first-order valence-electron chi connectivity index (χ1n) is 10.0. The molecule has 0 aromatic heterocycles. The summed E-state index contributed by atoms with van der Waals surface area (Å²) in [6, 6.07) is 20.6. The lowest BCUT2D eigenvalue weighted by atomic mass is 10.2. The van der Waals surface area contributed by atoms with Gasteiger partial charge < -0.3 is 9.47 Å². The molecule has 33 heavy (non-hydrogen) atoms. The molecule has 0 aliphatic rings. The topological polar surface area (TPSA) is 123 Å². The highest BCUT2D eigenvalue weighted by Gasteiger charge is 2.14. The molecule has 0 atom stereocenters. The second-order valence-corrected chi connectivity index (χ2v) is 8.35. The molecule has 0 fully saturated rings. The maximum atomic E-state index is 12.4. The molecular formula is C23H23N3O6S. The molecule has 3 N–H and O–H groups in total. The highest BCUT2D eigenvalue weighted by Crippen LogP contribution is 2.26. The lowest BCUT2D eigenvalue weighted by Gasteiger charge is -2.12. The monoisotopic (exact) mass is 469 g/mol. The van der Waals surface area contributed by atoms with E-state index in [1.165, 1.54) is 36.4 Å². The van der Waals surface area contributed by atoms with E-state index in [1.54, 1.807) is 42.5 Å². The number of ether oxygens (including phenoxy) is 2. The summed E-state index contributed by atoms with van der Waals surface area (Å²) in [6.07, 6.45) is 0. The Balaban J connectivity index is 1.50. The van der Waals surface area contributed by atoms with E-state index in [2.05, 4.69) is 15.6 Å². The van der Waals surface area contributed by atoms with Gasteiger partial charge in [0.2, 0.25) is 0 Å². The normalized spacial score (nSPS) is 10.7. The summed E-state index contributed by atoms with van der Waals surface area (Å²) in [5, 5.41) is 0. The van der Waals surface area contributed by atoms with Gasteiger partial charge in [-0.05, 0) is 55.5 Å². The fraction of sp³-hybridized carbons (Fsp3) is 0.130. The largest absolute Gasteiger partial charge is 0.490 e. The molecule has 3 aromatic carbocycles. The number of rotatable bonds is 9. The van der Waals surface area contributed by atoms with Gasteiger partial charge in [-0.25, -0.2) is 8.42 Å². The summed E-state index contributed by atoms with van der Waals surface area (Å²) >= 11 is 0. The molecule has 3 rings (SSSR count). The first-order valence-corrected chi connectivity index (χ1v) is 11.5. The highest BCUT2D eigenvalue weighted by molar-refractivity contribution is 7.92. The van der Waals surface area contributed by atoms with E-state index < -0.39 is 21.8 Å². The zero-order valence-electron chi connectivity index (χ0n) is 17.8. The van der Waals surface area contributed by atoms with E-state index in [1.807, 2.05) is 6.92 Å². The van der Waals surface area contributed by atoms with Crippen LogP contribution in [0.4, 0.5) is 5.69 Å². The van der Waals surface area contributed by atoms with Gasteiger partial charge in [0.1, 0.15) is 0 Å². The van der Waals surface area contributed by atoms with Crippen molar-refractivity contribution in [3.63, 3.8) is 0 Å². The number of para-hydroxylation sites is 2. The number of carbonyl (C=O) groups excluding carboxylic acids is 2. The number of amides is 2. The van der Waals surface area contributed by atoms with E-state index >= 15 is 0 Å². The number of nitrogens with one attached hydrogen (secondary N) is 3. The van der Waals surface area contributed by atoms with Crippen molar-refractivity contribution in [2.75, 3.05) is 17.9 Å². The Bertz CT molecular complexity index is 1200. The number of hydrazine groups is 1. The molecular weight excluding hydrogens is 446 g/mol. The van der Waals surface area contributed by atoms with E-state index in [0.717, 1.165) is 0 Å². The summed E-state index contributed by atoms with van der Waals surface area (Å²) in [7, 11) is -3.73. The number of benzene rings is 3. The Hall–Kier alpha value is -4.05. The fourth-order valence-corrected chi connectivity index (χ4v) is 3.81. The van der Waals surface area contributed by atoms with Crippen LogP contribution in [0.5, 0.6) is 11.5 Å². The molecule has 0 spiro atoms. The van der Waals surface area contributed by atoms with E-state index in [0.29, 0.717) is 23.8 Å². The average Bonchev–Trinajstić information content (AvgIpc) is 2.83. The lowest BCUT2D eigenvalue weighted by molar-refractivity contribution is -0.123. The Morgan fingerprint density at radius 3 is 2.03 bits per heavy atom. The predicted octanol–water partition coefficient (Wildman–Crippen LogP) is 2.73. The van der Waals surface area contributed by atoms with Gasteiger partial charge in [-0.1, -0.05) is 30.3 Å². The van der Waals surface area contributed by atoms with Gasteiger partial charge in [0.15, 0.2) is 18.1 Å². The van der Waals surface area contributed by atoms with Crippen LogP contribution in [0, 0.1) is 0 Å². The van der Waals surface area contributed by atoms with E-state index in [9.17, 15) is 18.0 Å². The number of carbonyl (C=O) groups is 2. The van der Waals surface area contributed by atoms with Crippen LogP contribution in [0.1, 0.15) is 17.3 Å². The van der Waals surface area contributed by atoms with Crippen molar-refractivity contribution < 1.29 is 27.5 Å². The molecule has 3 aromatic rings. The second kappa shape index (κ2) is 11.0. The van der Waals surface area contributed by atoms with Crippen molar-refractivity contribution in [3.8, 4) is 11.5 Å². The van der Waals surface area contributed by atoms with Crippen LogP contribution in [0.3, 0.4) is 0 Å². The number of hydrogen-bond donors (Lipinski definition) is 3. The molecule has 10 heteroatoms. The van der Waals surface area contributed by atoms with Crippen LogP contribution in [-0.2, 0) is 14.8 Å². The van der Waals surface area contributed by atoms with Crippen LogP contribution >= 0.6 is 0 Å². The average molecular weight is 470 g/mol. The van der Waals surface area contributed by atoms with Gasteiger partial charge in [-0.2, -0.15) is 0 Å². The summed E-state index contributed by atoms with van der Waals surface area (Å²) in [4.78, 5) is 24.4. The molecule has 9 nitrogen and oxygen atoms in total. The predicted molar refractivity (Wildman–Crippen MR) is 122 cm³/mol. The molecule has 2 amide bonds. The molecule has 0 heterocycles. The zero-order valence-corrected chi connectivity index (χ0v) is 18.6. The molecule has 0 unspecified atom stereocenters. The van der Waals surface area contributed by atoms with Gasteiger partial charge >= 0.3 is 0 Å². The van der Waals surface area contributed by atoms with Crippen molar-refractivity contribution in [1.29, 1.82) is 0 Å². The minimum Gasteiger partial charge on any atom is -0.490 e. The van der Waals surface area contributed by atoms with Crippen molar-refractivity contribution >= 4 is 27.5 Å². The van der Waals surface area contributed by atoms with Crippen LogP contribution in [0.2, 0.25) is 0 Å². The maximum absolute atomic E-state index is 12.4. The minimum atomic E-state index is -3.73. The summed E-state index contributed by atoms with van der Waals surface area (Å²) in [5.74, 6) is -0.216. The summed E-state index contributed by atoms with van der Waals surface area (Å²) < 4.78 is 38.0. The van der Waals surface area contributed by atoms with Gasteiger partial charge in [-0.15, -0.1) is 0 Å². The molecule has 0 bridgehead atoms. The SMILES string of the molecule is CCOc1ccccc1OCC(=O)NNC(=O)c1ccc(NS(=O)(=O)c2ccccc2)cc1. The van der Waals surface area contributed by atoms with Crippen molar-refractivity contribution in [3.05, 3.63) is 84.4 Å². The second-order valence-electron chi connectivity index (χ2n) is 6.67. The van der Waals surface area contributed by atoms with Crippen LogP contribution in [0.25, 0.3) is 0 Å². The Labute approximate surface area is 191 Å². The molecule has 0 aliphatic heterocycles. The van der Waals surface area contributed by atoms with Gasteiger partial charge in [0, 0.05) is 11.3 Å². The van der Waals surface area contributed by atoms with Crippen LogP contribution in [0.15, 0.2) is 83.8 Å². The zero-order chi connectivity index (χ0) is 23.7. The van der Waals surface area contributed by atoms with Crippen molar-refractivity contribution in [2.24, 2.45) is 0 Å². The van der Waals surface area contributed by atoms with Crippen molar-refractivity contribution in [1.82, 2.24) is 10.9 Å². The van der Waals surface area contributed by atoms with E-state index in [-0.39, 0.29) is 17.1 Å². The molecule has 0 radical (unpaired) electrons. The lowest BCUT2D eigenvalue weighted by Crippen LogP contribution is -2.43. The third-order valence-electron chi connectivity index (χ3n) is 4.28. The number of sulfonamides is 1. The molecule has 0 saturated heterocycles. The van der Waals surface area contributed by atoms with Gasteiger partial charge in [0.25, 0.3) is 21.8 Å². The van der Waals surface area contributed by atoms with Crippen LogP contribution in [-0.4, -0.2) is 33.4 Å². The number of anilines is 1. The third kappa shape index (κ3) is 6.71. The van der Waals surface area contributed by atoms with Crippen LogP contribution < -0.4 is 25.0 Å². The fourth-order valence-electron chi connectivity index (χ4n) is 2.73. The smallest absolute Gasteiger partial charge is 0.276 e. The minimum absolute atomic E-state index is 0.126. The van der Waals surface area contributed by atoms with Gasteiger partial charge in [0.05, 0.1) is 11.5 Å².